The van der Waals surface area contributed by atoms with Crippen molar-refractivity contribution in [3.05, 3.63) is 77.1 Å². The predicted molar refractivity (Wildman–Crippen MR) is 83.2 cm³/mol. The molecule has 0 fully saturated rings. The lowest BCUT2D eigenvalue weighted by Gasteiger charge is -2.15. The van der Waals surface area contributed by atoms with E-state index in [2.05, 4.69) is 5.32 Å². The summed E-state index contributed by atoms with van der Waals surface area (Å²) in [6, 6.07) is 14.2. The van der Waals surface area contributed by atoms with Gasteiger partial charge in [-0.05, 0) is 37.1 Å². The van der Waals surface area contributed by atoms with E-state index in [9.17, 15) is 9.18 Å². The normalized spacial score (nSPS) is 12.3. The number of aryl methyl sites for hydroxylation is 1. The number of nitrogens with one attached hydrogen (secondary N) is 1. The Bertz CT molecular complexity index is 664. The van der Waals surface area contributed by atoms with Gasteiger partial charge >= 0.3 is 0 Å². The number of carbonyl (C=O) groups excluding carboxylic acids is 1. The van der Waals surface area contributed by atoms with Gasteiger partial charge < -0.3 is 5.32 Å². The van der Waals surface area contributed by atoms with Gasteiger partial charge in [-0.15, -0.1) is 0 Å². The second-order valence-electron chi connectivity index (χ2n) is 4.94. The summed E-state index contributed by atoms with van der Waals surface area (Å²) in [5, 5.41) is 2.88. The third kappa shape index (κ3) is 4.02. The first kappa shape index (κ1) is 15.0. The Balaban J connectivity index is 2.02. The van der Waals surface area contributed by atoms with Gasteiger partial charge in [-0.25, -0.2) is 4.39 Å². The zero-order valence-electron chi connectivity index (χ0n) is 12.1. The van der Waals surface area contributed by atoms with E-state index in [0.717, 1.165) is 11.1 Å². The number of benzene rings is 2. The molecule has 21 heavy (non-hydrogen) atoms. The summed E-state index contributed by atoms with van der Waals surface area (Å²) in [5.41, 5.74) is 2.60. The average Bonchev–Trinajstić information content (AvgIpc) is 2.46. The monoisotopic (exact) mass is 283 g/mol. The fourth-order valence-corrected chi connectivity index (χ4v) is 2.19. The SMILES string of the molecule is Cc1ccccc1C(C)NC(=O)/C=C/c1ccccc1F. The molecule has 0 aromatic heterocycles. The Morgan fingerprint density at radius 3 is 2.52 bits per heavy atom. The maximum Gasteiger partial charge on any atom is 0.244 e. The summed E-state index contributed by atoms with van der Waals surface area (Å²) in [6.45, 7) is 3.93. The fraction of sp³-hybridized carbons (Fsp3) is 0.167. The summed E-state index contributed by atoms with van der Waals surface area (Å²) in [6.07, 6.45) is 2.84. The van der Waals surface area contributed by atoms with Crippen molar-refractivity contribution in [2.45, 2.75) is 19.9 Å². The summed E-state index contributed by atoms with van der Waals surface area (Å²) >= 11 is 0. The molecule has 0 spiro atoms. The molecule has 1 atom stereocenters. The molecule has 0 aliphatic carbocycles. The number of hydrogen-bond acceptors (Lipinski definition) is 1. The van der Waals surface area contributed by atoms with Gasteiger partial charge in [0.15, 0.2) is 0 Å². The summed E-state index contributed by atoms with van der Waals surface area (Å²) in [5.74, 6) is -0.581. The van der Waals surface area contributed by atoms with E-state index >= 15 is 0 Å². The minimum atomic E-state index is -0.339. The van der Waals surface area contributed by atoms with Gasteiger partial charge in [0.25, 0.3) is 0 Å². The van der Waals surface area contributed by atoms with E-state index in [-0.39, 0.29) is 17.8 Å². The highest BCUT2D eigenvalue weighted by Gasteiger charge is 2.09. The molecule has 2 aromatic carbocycles. The van der Waals surface area contributed by atoms with Crippen molar-refractivity contribution in [1.82, 2.24) is 5.32 Å². The average molecular weight is 283 g/mol. The fourth-order valence-electron chi connectivity index (χ4n) is 2.19. The van der Waals surface area contributed by atoms with Crippen molar-refractivity contribution in [3.8, 4) is 0 Å². The van der Waals surface area contributed by atoms with Crippen molar-refractivity contribution in [3.63, 3.8) is 0 Å². The van der Waals surface area contributed by atoms with Gasteiger partial charge in [0.2, 0.25) is 5.91 Å². The molecule has 0 saturated heterocycles. The van der Waals surface area contributed by atoms with Gasteiger partial charge in [0, 0.05) is 11.6 Å². The van der Waals surface area contributed by atoms with E-state index in [1.165, 1.54) is 18.2 Å². The first-order valence-corrected chi connectivity index (χ1v) is 6.86. The molecule has 3 heteroatoms. The number of amides is 1. The second-order valence-corrected chi connectivity index (χ2v) is 4.94. The topological polar surface area (TPSA) is 29.1 Å². The van der Waals surface area contributed by atoms with Crippen molar-refractivity contribution in [1.29, 1.82) is 0 Å². The van der Waals surface area contributed by atoms with Crippen LogP contribution in [0.25, 0.3) is 6.08 Å². The Hall–Kier alpha value is -2.42. The zero-order valence-corrected chi connectivity index (χ0v) is 12.1. The van der Waals surface area contributed by atoms with Crippen LogP contribution in [0, 0.1) is 12.7 Å². The molecular formula is C18H18FNO. The van der Waals surface area contributed by atoms with Crippen molar-refractivity contribution in [2.24, 2.45) is 0 Å². The molecule has 2 aromatic rings. The predicted octanol–water partition coefficient (Wildman–Crippen LogP) is 4.02. The third-order valence-corrected chi connectivity index (χ3v) is 3.33. The molecular weight excluding hydrogens is 265 g/mol. The van der Waals surface area contributed by atoms with Crippen molar-refractivity contribution < 1.29 is 9.18 Å². The Labute approximate surface area is 124 Å². The maximum absolute atomic E-state index is 13.4. The molecule has 2 rings (SSSR count). The van der Waals surface area contributed by atoms with Gasteiger partial charge in [-0.2, -0.15) is 0 Å². The van der Waals surface area contributed by atoms with Crippen LogP contribution >= 0.6 is 0 Å². The molecule has 0 aliphatic rings. The van der Waals surface area contributed by atoms with E-state index in [1.807, 2.05) is 38.1 Å². The molecule has 108 valence electrons. The van der Waals surface area contributed by atoms with Gasteiger partial charge in [0.1, 0.15) is 5.82 Å². The minimum absolute atomic E-state index is 0.0935. The van der Waals surface area contributed by atoms with E-state index in [0.29, 0.717) is 5.56 Å². The molecule has 1 unspecified atom stereocenters. The number of halogens is 1. The Morgan fingerprint density at radius 2 is 1.81 bits per heavy atom. The lowest BCUT2D eigenvalue weighted by molar-refractivity contribution is -0.117. The van der Waals surface area contributed by atoms with Crippen LogP contribution in [-0.2, 0) is 4.79 Å². The van der Waals surface area contributed by atoms with E-state index < -0.39 is 0 Å². The molecule has 2 nitrogen and oxygen atoms in total. The molecule has 0 bridgehead atoms. The van der Waals surface area contributed by atoms with Crippen LogP contribution in [0.5, 0.6) is 0 Å². The number of hydrogen-bond donors (Lipinski definition) is 1. The van der Waals surface area contributed by atoms with Crippen LogP contribution in [0.2, 0.25) is 0 Å². The van der Waals surface area contributed by atoms with Gasteiger partial charge in [0.05, 0.1) is 6.04 Å². The third-order valence-electron chi connectivity index (χ3n) is 3.33. The summed E-state index contributed by atoms with van der Waals surface area (Å²) in [7, 11) is 0. The second kappa shape index (κ2) is 6.84. The first-order valence-electron chi connectivity index (χ1n) is 6.86. The zero-order chi connectivity index (χ0) is 15.2. The van der Waals surface area contributed by atoms with Crippen LogP contribution in [0.1, 0.15) is 29.7 Å². The molecule has 1 N–H and O–H groups in total. The Morgan fingerprint density at radius 1 is 1.14 bits per heavy atom. The van der Waals surface area contributed by atoms with Crippen LogP contribution in [0.4, 0.5) is 4.39 Å². The molecule has 0 saturated carbocycles. The van der Waals surface area contributed by atoms with Crippen LogP contribution in [-0.4, -0.2) is 5.91 Å². The standard InChI is InChI=1S/C18H18FNO/c1-13-7-3-5-9-16(13)14(2)20-18(21)12-11-15-8-4-6-10-17(15)19/h3-12,14H,1-2H3,(H,20,21)/b12-11+. The lowest BCUT2D eigenvalue weighted by Crippen LogP contribution is -2.25. The van der Waals surface area contributed by atoms with Crippen molar-refractivity contribution in [2.75, 3.05) is 0 Å². The van der Waals surface area contributed by atoms with Gasteiger partial charge in [-0.1, -0.05) is 42.5 Å². The van der Waals surface area contributed by atoms with Crippen LogP contribution < -0.4 is 5.32 Å². The first-order chi connectivity index (χ1) is 10.1. The summed E-state index contributed by atoms with van der Waals surface area (Å²) in [4.78, 5) is 11.9. The molecule has 0 heterocycles. The number of carbonyl (C=O) groups is 1. The highest BCUT2D eigenvalue weighted by Crippen LogP contribution is 2.16. The largest absolute Gasteiger partial charge is 0.346 e. The molecule has 0 radical (unpaired) electrons. The minimum Gasteiger partial charge on any atom is -0.346 e. The quantitative estimate of drug-likeness (QED) is 0.843. The van der Waals surface area contributed by atoms with Crippen molar-refractivity contribution >= 4 is 12.0 Å². The van der Waals surface area contributed by atoms with Crippen LogP contribution in [0.15, 0.2) is 54.6 Å². The Kier molecular flexibility index (Phi) is 4.88. The molecule has 1 amide bonds. The number of rotatable bonds is 4. The van der Waals surface area contributed by atoms with Crippen LogP contribution in [0.3, 0.4) is 0 Å². The highest BCUT2D eigenvalue weighted by molar-refractivity contribution is 5.92. The van der Waals surface area contributed by atoms with E-state index in [1.54, 1.807) is 18.2 Å². The summed E-state index contributed by atoms with van der Waals surface area (Å²) < 4.78 is 13.4. The maximum atomic E-state index is 13.4. The van der Waals surface area contributed by atoms with E-state index in [4.69, 9.17) is 0 Å². The highest BCUT2D eigenvalue weighted by atomic mass is 19.1. The smallest absolute Gasteiger partial charge is 0.244 e. The molecule has 0 aliphatic heterocycles. The van der Waals surface area contributed by atoms with Gasteiger partial charge in [-0.3, -0.25) is 4.79 Å². The lowest BCUT2D eigenvalue weighted by atomic mass is 10.0.